The van der Waals surface area contributed by atoms with Crippen LogP contribution in [0.3, 0.4) is 0 Å². The predicted octanol–water partition coefficient (Wildman–Crippen LogP) is 4.15. The summed E-state index contributed by atoms with van der Waals surface area (Å²) in [6.45, 7) is 7.15. The highest BCUT2D eigenvalue weighted by Crippen LogP contribution is 2.27. The molecule has 0 radical (unpaired) electrons. The number of nitriles is 1. The van der Waals surface area contributed by atoms with Gasteiger partial charge in [-0.05, 0) is 49.6 Å². The van der Waals surface area contributed by atoms with Crippen LogP contribution in [0.25, 0.3) is 12.2 Å². The fourth-order valence-corrected chi connectivity index (χ4v) is 5.52. The molecule has 0 saturated carbocycles. The van der Waals surface area contributed by atoms with E-state index in [-0.39, 0.29) is 5.69 Å². The number of piperazine rings is 1. The number of nitrogens with zero attached hydrogens (tertiary/aromatic N) is 4. The zero-order valence-electron chi connectivity index (χ0n) is 18.9. The van der Waals surface area contributed by atoms with E-state index in [2.05, 4.69) is 11.1 Å². The standard InChI is InChI=1S/C25H26N4O3S/c1-18-5-8-21(9-6-18)10-11-24-27-22(17-26)25(32-24)28-12-14-29(15-13-28)33(30,31)23-16-19(2)4-7-20(23)3/h4-11,16H,12-15H2,1-3H3/b11-10+. The number of hydrogen-bond donors (Lipinski definition) is 0. The molecule has 1 aliphatic heterocycles. The van der Waals surface area contributed by atoms with E-state index in [1.165, 1.54) is 9.87 Å². The lowest BCUT2D eigenvalue weighted by Gasteiger charge is -2.34. The molecule has 8 heteroatoms. The predicted molar refractivity (Wildman–Crippen MR) is 128 cm³/mol. The van der Waals surface area contributed by atoms with Crippen molar-refractivity contribution in [2.24, 2.45) is 0 Å². The van der Waals surface area contributed by atoms with Crippen molar-refractivity contribution in [2.45, 2.75) is 25.7 Å². The summed E-state index contributed by atoms with van der Waals surface area (Å²) in [7, 11) is -3.59. The smallest absolute Gasteiger partial charge is 0.243 e. The molecule has 1 aromatic heterocycles. The summed E-state index contributed by atoms with van der Waals surface area (Å²) in [5.74, 6) is 0.720. The topological polar surface area (TPSA) is 90.4 Å². The van der Waals surface area contributed by atoms with Crippen LogP contribution >= 0.6 is 0 Å². The molecule has 0 N–H and O–H groups in total. The largest absolute Gasteiger partial charge is 0.420 e. The van der Waals surface area contributed by atoms with E-state index in [1.807, 2.05) is 68.1 Å². The molecule has 0 aliphatic carbocycles. The summed E-state index contributed by atoms with van der Waals surface area (Å²) >= 11 is 0. The average Bonchev–Trinajstić information content (AvgIpc) is 3.23. The van der Waals surface area contributed by atoms with Crippen molar-refractivity contribution in [1.29, 1.82) is 5.26 Å². The third-order valence-corrected chi connectivity index (χ3v) is 7.76. The number of aryl methyl sites for hydroxylation is 3. The highest BCUT2D eigenvalue weighted by atomic mass is 32.2. The molecular weight excluding hydrogens is 436 g/mol. The highest BCUT2D eigenvalue weighted by molar-refractivity contribution is 7.89. The first-order valence-electron chi connectivity index (χ1n) is 10.8. The first-order chi connectivity index (χ1) is 15.8. The Morgan fingerprint density at radius 3 is 2.30 bits per heavy atom. The average molecular weight is 463 g/mol. The number of hydrogen-bond acceptors (Lipinski definition) is 6. The van der Waals surface area contributed by atoms with Crippen molar-refractivity contribution in [3.63, 3.8) is 0 Å². The number of anilines is 1. The molecule has 33 heavy (non-hydrogen) atoms. The summed E-state index contributed by atoms with van der Waals surface area (Å²) in [6.07, 6.45) is 3.61. The van der Waals surface area contributed by atoms with Crippen molar-refractivity contribution in [1.82, 2.24) is 9.29 Å². The van der Waals surface area contributed by atoms with Gasteiger partial charge in [-0.1, -0.05) is 42.0 Å². The number of oxazole rings is 1. The molecule has 7 nitrogen and oxygen atoms in total. The van der Waals surface area contributed by atoms with Gasteiger partial charge in [-0.3, -0.25) is 0 Å². The molecule has 1 saturated heterocycles. The third-order valence-electron chi connectivity index (χ3n) is 5.71. The zero-order chi connectivity index (χ0) is 23.6. The Kier molecular flexibility index (Phi) is 6.36. The van der Waals surface area contributed by atoms with E-state index in [9.17, 15) is 13.7 Å². The van der Waals surface area contributed by atoms with E-state index in [0.29, 0.717) is 42.8 Å². The van der Waals surface area contributed by atoms with Crippen LogP contribution in [-0.2, 0) is 10.0 Å². The molecule has 4 rings (SSSR count). The van der Waals surface area contributed by atoms with Gasteiger partial charge in [-0.25, -0.2) is 8.42 Å². The van der Waals surface area contributed by atoms with Crippen LogP contribution in [-0.4, -0.2) is 43.9 Å². The van der Waals surface area contributed by atoms with Gasteiger partial charge in [0.25, 0.3) is 0 Å². The number of rotatable bonds is 5. The van der Waals surface area contributed by atoms with E-state index in [4.69, 9.17) is 4.42 Å². The van der Waals surface area contributed by atoms with Gasteiger partial charge < -0.3 is 9.32 Å². The second-order valence-electron chi connectivity index (χ2n) is 8.22. The molecule has 2 heterocycles. The van der Waals surface area contributed by atoms with Crippen LogP contribution in [0.2, 0.25) is 0 Å². The fourth-order valence-electron chi connectivity index (χ4n) is 3.79. The molecule has 1 fully saturated rings. The minimum atomic E-state index is -3.59. The molecule has 0 atom stereocenters. The maximum absolute atomic E-state index is 13.2. The second kappa shape index (κ2) is 9.22. The highest BCUT2D eigenvalue weighted by Gasteiger charge is 2.31. The minimum absolute atomic E-state index is 0.199. The maximum atomic E-state index is 13.2. The van der Waals surface area contributed by atoms with Gasteiger partial charge >= 0.3 is 0 Å². The molecule has 0 bridgehead atoms. The first-order valence-corrected chi connectivity index (χ1v) is 12.2. The fraction of sp³-hybridized carbons (Fsp3) is 0.280. The summed E-state index contributed by atoms with van der Waals surface area (Å²) < 4.78 is 33.7. The van der Waals surface area contributed by atoms with Gasteiger partial charge in [0.1, 0.15) is 6.07 Å². The van der Waals surface area contributed by atoms with Crippen LogP contribution in [0, 0.1) is 32.1 Å². The Labute approximate surface area is 194 Å². The molecule has 0 unspecified atom stereocenters. The summed E-state index contributed by atoms with van der Waals surface area (Å²) in [5.41, 5.74) is 4.02. The van der Waals surface area contributed by atoms with Gasteiger partial charge in [0.05, 0.1) is 4.90 Å². The quantitative estimate of drug-likeness (QED) is 0.566. The molecule has 3 aromatic rings. The van der Waals surface area contributed by atoms with Gasteiger partial charge in [-0.2, -0.15) is 14.6 Å². The summed E-state index contributed by atoms with van der Waals surface area (Å²) in [4.78, 5) is 6.51. The lowest BCUT2D eigenvalue weighted by atomic mass is 10.1. The maximum Gasteiger partial charge on any atom is 0.243 e. The molecule has 170 valence electrons. The Morgan fingerprint density at radius 1 is 0.970 bits per heavy atom. The van der Waals surface area contributed by atoms with E-state index in [0.717, 1.165) is 16.7 Å². The molecular formula is C25H26N4O3S. The lowest BCUT2D eigenvalue weighted by molar-refractivity contribution is 0.373. The van der Waals surface area contributed by atoms with Crippen LogP contribution < -0.4 is 4.90 Å². The Hall–Kier alpha value is -3.41. The van der Waals surface area contributed by atoms with E-state index < -0.39 is 10.0 Å². The third kappa shape index (κ3) is 4.85. The van der Waals surface area contributed by atoms with Crippen molar-refractivity contribution in [3.8, 4) is 6.07 Å². The second-order valence-corrected chi connectivity index (χ2v) is 10.1. The van der Waals surface area contributed by atoms with Crippen LogP contribution in [0.5, 0.6) is 0 Å². The van der Waals surface area contributed by atoms with Crippen molar-refractivity contribution in [3.05, 3.63) is 76.3 Å². The molecule has 0 spiro atoms. The number of sulfonamides is 1. The van der Waals surface area contributed by atoms with Gasteiger partial charge in [-0.15, -0.1) is 0 Å². The summed E-state index contributed by atoms with van der Waals surface area (Å²) in [6, 6.07) is 15.6. The Balaban J connectivity index is 1.49. The van der Waals surface area contributed by atoms with Crippen LogP contribution in [0.4, 0.5) is 5.88 Å². The normalized spacial score (nSPS) is 15.2. The monoisotopic (exact) mass is 462 g/mol. The van der Waals surface area contributed by atoms with Crippen LogP contribution in [0.1, 0.15) is 33.8 Å². The van der Waals surface area contributed by atoms with Gasteiger partial charge in [0.2, 0.25) is 27.5 Å². The molecule has 0 amide bonds. The molecule has 2 aromatic carbocycles. The van der Waals surface area contributed by atoms with E-state index in [1.54, 1.807) is 12.1 Å². The van der Waals surface area contributed by atoms with Gasteiger partial charge in [0.15, 0.2) is 0 Å². The Bertz CT molecular complexity index is 1330. The van der Waals surface area contributed by atoms with Crippen LogP contribution in [0.15, 0.2) is 51.8 Å². The summed E-state index contributed by atoms with van der Waals surface area (Å²) in [5, 5.41) is 9.54. The SMILES string of the molecule is Cc1ccc(/C=C/c2nc(C#N)c(N3CCN(S(=O)(=O)c4cc(C)ccc4C)CC3)o2)cc1. The number of aromatic nitrogens is 1. The Morgan fingerprint density at radius 2 is 1.64 bits per heavy atom. The first kappa shape index (κ1) is 22.8. The van der Waals surface area contributed by atoms with Crippen molar-refractivity contribution >= 4 is 28.1 Å². The lowest BCUT2D eigenvalue weighted by Crippen LogP contribution is -2.48. The van der Waals surface area contributed by atoms with Gasteiger partial charge in [0, 0.05) is 32.3 Å². The molecule has 1 aliphatic rings. The van der Waals surface area contributed by atoms with E-state index >= 15 is 0 Å². The van der Waals surface area contributed by atoms with Crippen molar-refractivity contribution < 1.29 is 12.8 Å². The minimum Gasteiger partial charge on any atom is -0.420 e. The van der Waals surface area contributed by atoms with Crippen molar-refractivity contribution in [2.75, 3.05) is 31.1 Å². The number of benzene rings is 2. The zero-order valence-corrected chi connectivity index (χ0v) is 19.8.